The van der Waals surface area contributed by atoms with Crippen molar-refractivity contribution >= 4 is 6.09 Å². The molecule has 1 aromatic rings. The summed E-state index contributed by atoms with van der Waals surface area (Å²) in [5.74, 6) is 1.63. The van der Waals surface area contributed by atoms with E-state index in [1.807, 2.05) is 12.1 Å². The molecule has 0 saturated carbocycles. The lowest BCUT2D eigenvalue weighted by atomic mass is 10.0. The van der Waals surface area contributed by atoms with E-state index in [4.69, 9.17) is 14.6 Å². The number of hydrogen-bond donors (Lipinski definition) is 2. The van der Waals surface area contributed by atoms with Gasteiger partial charge in [-0.05, 0) is 30.5 Å². The molecule has 0 radical (unpaired) electrons. The van der Waals surface area contributed by atoms with Gasteiger partial charge in [-0.25, -0.2) is 4.79 Å². The fourth-order valence-corrected chi connectivity index (χ4v) is 2.85. The van der Waals surface area contributed by atoms with Crippen LogP contribution in [0.1, 0.15) is 18.4 Å². The quantitative estimate of drug-likeness (QED) is 0.887. The Morgan fingerprint density at radius 1 is 1.24 bits per heavy atom. The van der Waals surface area contributed by atoms with Gasteiger partial charge in [-0.2, -0.15) is 0 Å². The molecule has 0 aliphatic carbocycles. The molecule has 1 amide bonds. The van der Waals surface area contributed by atoms with Gasteiger partial charge < -0.3 is 19.9 Å². The van der Waals surface area contributed by atoms with Crippen molar-refractivity contribution in [2.75, 3.05) is 26.3 Å². The first kappa shape index (κ1) is 14.0. The first-order valence-corrected chi connectivity index (χ1v) is 7.31. The second-order valence-corrected chi connectivity index (χ2v) is 5.48. The summed E-state index contributed by atoms with van der Waals surface area (Å²) in [7, 11) is 0. The number of nitrogens with one attached hydrogen (secondary N) is 1. The minimum absolute atomic E-state index is 0.0824. The molecule has 2 heterocycles. The lowest BCUT2D eigenvalue weighted by molar-refractivity contribution is 0.163. The second kappa shape index (κ2) is 6.22. The molecule has 2 N–H and O–H groups in total. The zero-order chi connectivity index (χ0) is 14.7. The van der Waals surface area contributed by atoms with Gasteiger partial charge in [-0.3, -0.25) is 4.90 Å². The standard InChI is InChI=1S/C15H20N2O4/c18-15(19)16-12-3-5-17(6-4-12)10-11-1-2-13-14(9-11)21-8-7-20-13/h1-2,9,12,16H,3-8,10H2,(H,18,19). The van der Waals surface area contributed by atoms with Crippen LogP contribution < -0.4 is 14.8 Å². The molecule has 0 spiro atoms. The molecule has 21 heavy (non-hydrogen) atoms. The Balaban J connectivity index is 1.54. The van der Waals surface area contributed by atoms with Gasteiger partial charge in [0.2, 0.25) is 0 Å². The number of ether oxygens (including phenoxy) is 2. The molecule has 0 bridgehead atoms. The van der Waals surface area contributed by atoms with Crippen molar-refractivity contribution in [1.82, 2.24) is 10.2 Å². The Labute approximate surface area is 123 Å². The third-order valence-corrected chi connectivity index (χ3v) is 3.93. The Bertz CT molecular complexity index is 512. The summed E-state index contributed by atoms with van der Waals surface area (Å²) in [4.78, 5) is 13.0. The van der Waals surface area contributed by atoms with Gasteiger partial charge in [0.25, 0.3) is 0 Å². The molecule has 1 fully saturated rings. The average Bonchev–Trinajstić information content (AvgIpc) is 2.49. The summed E-state index contributed by atoms with van der Waals surface area (Å²) in [6.45, 7) is 3.87. The van der Waals surface area contributed by atoms with E-state index in [1.165, 1.54) is 5.56 Å². The van der Waals surface area contributed by atoms with Gasteiger partial charge >= 0.3 is 6.09 Å². The minimum Gasteiger partial charge on any atom is -0.486 e. The van der Waals surface area contributed by atoms with E-state index in [0.29, 0.717) is 13.2 Å². The van der Waals surface area contributed by atoms with Crippen molar-refractivity contribution in [1.29, 1.82) is 0 Å². The van der Waals surface area contributed by atoms with Gasteiger partial charge in [0, 0.05) is 25.7 Å². The van der Waals surface area contributed by atoms with Crippen molar-refractivity contribution < 1.29 is 19.4 Å². The normalized spacial score (nSPS) is 19.2. The largest absolute Gasteiger partial charge is 0.486 e. The van der Waals surface area contributed by atoms with E-state index in [-0.39, 0.29) is 6.04 Å². The van der Waals surface area contributed by atoms with Crippen LogP contribution in [0.2, 0.25) is 0 Å². The van der Waals surface area contributed by atoms with Crippen LogP contribution in [0.5, 0.6) is 11.5 Å². The fourth-order valence-electron chi connectivity index (χ4n) is 2.85. The molecule has 1 aromatic carbocycles. The monoisotopic (exact) mass is 292 g/mol. The maximum Gasteiger partial charge on any atom is 0.404 e. The predicted molar refractivity (Wildman–Crippen MR) is 76.9 cm³/mol. The Hall–Kier alpha value is -1.95. The number of likely N-dealkylation sites (tertiary alicyclic amines) is 1. The van der Waals surface area contributed by atoms with Crippen LogP contribution in [0, 0.1) is 0 Å². The number of fused-ring (bicyclic) bond motifs is 1. The van der Waals surface area contributed by atoms with Crippen LogP contribution in [0.15, 0.2) is 18.2 Å². The minimum atomic E-state index is -0.930. The lowest BCUT2D eigenvalue weighted by Gasteiger charge is -2.32. The summed E-state index contributed by atoms with van der Waals surface area (Å²) in [5, 5.41) is 11.3. The van der Waals surface area contributed by atoms with Crippen LogP contribution in [-0.4, -0.2) is 48.4 Å². The van der Waals surface area contributed by atoms with Gasteiger partial charge in [0.1, 0.15) is 13.2 Å². The van der Waals surface area contributed by atoms with Crippen molar-refractivity contribution in [2.45, 2.75) is 25.4 Å². The van der Waals surface area contributed by atoms with E-state index in [9.17, 15) is 4.79 Å². The molecular weight excluding hydrogens is 272 g/mol. The Morgan fingerprint density at radius 3 is 2.67 bits per heavy atom. The van der Waals surface area contributed by atoms with Crippen molar-refractivity contribution in [3.8, 4) is 11.5 Å². The number of benzene rings is 1. The SMILES string of the molecule is O=C(O)NC1CCN(Cc2ccc3c(c2)OCCO3)CC1. The summed E-state index contributed by atoms with van der Waals surface area (Å²) >= 11 is 0. The molecular formula is C15H20N2O4. The molecule has 0 atom stereocenters. The first-order valence-electron chi connectivity index (χ1n) is 7.31. The molecule has 0 unspecified atom stereocenters. The predicted octanol–water partition coefficient (Wildman–Crippen LogP) is 1.69. The number of carbonyl (C=O) groups is 1. The van der Waals surface area contributed by atoms with Crippen molar-refractivity contribution in [3.63, 3.8) is 0 Å². The molecule has 0 aromatic heterocycles. The number of amides is 1. The number of piperidine rings is 1. The molecule has 6 heteroatoms. The Morgan fingerprint density at radius 2 is 1.95 bits per heavy atom. The third kappa shape index (κ3) is 3.58. The number of carboxylic acid groups (broad SMARTS) is 1. The second-order valence-electron chi connectivity index (χ2n) is 5.48. The zero-order valence-corrected chi connectivity index (χ0v) is 11.9. The highest BCUT2D eigenvalue weighted by Gasteiger charge is 2.21. The summed E-state index contributed by atoms with van der Waals surface area (Å²) in [6.07, 6.45) is 0.786. The first-order chi connectivity index (χ1) is 10.2. The average molecular weight is 292 g/mol. The highest BCUT2D eigenvalue weighted by atomic mass is 16.6. The van der Waals surface area contributed by atoms with Gasteiger partial charge in [0.05, 0.1) is 0 Å². The van der Waals surface area contributed by atoms with E-state index < -0.39 is 6.09 Å². The van der Waals surface area contributed by atoms with E-state index in [1.54, 1.807) is 0 Å². The number of rotatable bonds is 3. The molecule has 2 aliphatic heterocycles. The summed E-state index contributed by atoms with van der Waals surface area (Å²) < 4.78 is 11.1. The molecule has 114 valence electrons. The van der Waals surface area contributed by atoms with Gasteiger partial charge in [-0.15, -0.1) is 0 Å². The molecule has 6 nitrogen and oxygen atoms in total. The molecule has 1 saturated heterocycles. The summed E-state index contributed by atoms with van der Waals surface area (Å²) in [6, 6.07) is 6.15. The third-order valence-electron chi connectivity index (χ3n) is 3.93. The number of nitrogens with zero attached hydrogens (tertiary/aromatic N) is 1. The van der Waals surface area contributed by atoms with Crippen LogP contribution in [0.25, 0.3) is 0 Å². The van der Waals surface area contributed by atoms with E-state index >= 15 is 0 Å². The molecule has 3 rings (SSSR count). The van der Waals surface area contributed by atoms with Crippen LogP contribution in [0.4, 0.5) is 4.79 Å². The number of hydrogen-bond acceptors (Lipinski definition) is 4. The Kier molecular flexibility index (Phi) is 4.15. The zero-order valence-electron chi connectivity index (χ0n) is 11.9. The highest BCUT2D eigenvalue weighted by Crippen LogP contribution is 2.31. The van der Waals surface area contributed by atoms with Crippen LogP contribution >= 0.6 is 0 Å². The fraction of sp³-hybridized carbons (Fsp3) is 0.533. The van der Waals surface area contributed by atoms with Crippen LogP contribution in [-0.2, 0) is 6.54 Å². The summed E-state index contributed by atoms with van der Waals surface area (Å²) in [5.41, 5.74) is 1.20. The highest BCUT2D eigenvalue weighted by molar-refractivity contribution is 5.64. The topological polar surface area (TPSA) is 71.0 Å². The maximum atomic E-state index is 10.6. The van der Waals surface area contributed by atoms with Gasteiger partial charge in [0.15, 0.2) is 11.5 Å². The maximum absolute atomic E-state index is 10.6. The molecule has 2 aliphatic rings. The smallest absolute Gasteiger partial charge is 0.404 e. The van der Waals surface area contributed by atoms with E-state index in [2.05, 4.69) is 16.3 Å². The van der Waals surface area contributed by atoms with Crippen LogP contribution in [0.3, 0.4) is 0 Å². The van der Waals surface area contributed by atoms with Gasteiger partial charge in [-0.1, -0.05) is 6.07 Å². The van der Waals surface area contributed by atoms with Crippen molar-refractivity contribution in [3.05, 3.63) is 23.8 Å². The van der Waals surface area contributed by atoms with E-state index in [0.717, 1.165) is 44.0 Å². The lowest BCUT2D eigenvalue weighted by Crippen LogP contribution is -2.43. The van der Waals surface area contributed by atoms with Crippen molar-refractivity contribution in [2.24, 2.45) is 0 Å².